The SMILES string of the molecule is CC(N)c1nc(CC(=O)NC(C)(C)C)cs1. The van der Waals surface area contributed by atoms with Crippen molar-refractivity contribution in [2.75, 3.05) is 0 Å². The number of nitrogens with zero attached hydrogens (tertiary/aromatic N) is 1. The van der Waals surface area contributed by atoms with E-state index in [4.69, 9.17) is 5.73 Å². The van der Waals surface area contributed by atoms with E-state index in [2.05, 4.69) is 10.3 Å². The summed E-state index contributed by atoms with van der Waals surface area (Å²) >= 11 is 1.50. The van der Waals surface area contributed by atoms with Crippen molar-refractivity contribution in [3.63, 3.8) is 0 Å². The maximum atomic E-state index is 11.6. The number of nitrogens with one attached hydrogen (secondary N) is 1. The fraction of sp³-hybridized carbons (Fsp3) is 0.636. The average Bonchev–Trinajstić information content (AvgIpc) is 2.48. The number of hydrogen-bond acceptors (Lipinski definition) is 4. The van der Waals surface area contributed by atoms with Crippen LogP contribution in [0, 0.1) is 0 Å². The molecule has 0 bridgehead atoms. The van der Waals surface area contributed by atoms with E-state index in [1.54, 1.807) is 0 Å². The molecule has 0 saturated carbocycles. The van der Waals surface area contributed by atoms with Gasteiger partial charge in [0.1, 0.15) is 5.01 Å². The second-order valence-corrected chi connectivity index (χ2v) is 5.83. The Balaban J connectivity index is 2.57. The first-order chi connectivity index (χ1) is 7.28. The van der Waals surface area contributed by atoms with Gasteiger partial charge in [0.25, 0.3) is 0 Å². The summed E-state index contributed by atoms with van der Waals surface area (Å²) in [4.78, 5) is 15.9. The molecule has 0 aliphatic heterocycles. The molecular weight excluding hydrogens is 222 g/mol. The molecule has 0 aromatic carbocycles. The molecule has 1 amide bonds. The molecule has 3 N–H and O–H groups in total. The number of carbonyl (C=O) groups is 1. The largest absolute Gasteiger partial charge is 0.351 e. The Bertz CT molecular complexity index is 366. The van der Waals surface area contributed by atoms with Gasteiger partial charge in [-0.1, -0.05) is 0 Å². The van der Waals surface area contributed by atoms with Crippen molar-refractivity contribution in [3.05, 3.63) is 16.1 Å². The van der Waals surface area contributed by atoms with Gasteiger partial charge in [-0.25, -0.2) is 4.98 Å². The Morgan fingerprint density at radius 1 is 1.62 bits per heavy atom. The van der Waals surface area contributed by atoms with E-state index in [1.165, 1.54) is 11.3 Å². The van der Waals surface area contributed by atoms with Gasteiger partial charge in [0.15, 0.2) is 0 Å². The zero-order valence-electron chi connectivity index (χ0n) is 10.2. The van der Waals surface area contributed by atoms with E-state index >= 15 is 0 Å². The zero-order valence-corrected chi connectivity index (χ0v) is 11.0. The van der Waals surface area contributed by atoms with Crippen molar-refractivity contribution in [2.45, 2.75) is 45.7 Å². The molecule has 4 nitrogen and oxygen atoms in total. The van der Waals surface area contributed by atoms with Crippen LogP contribution in [0.25, 0.3) is 0 Å². The predicted molar refractivity (Wildman–Crippen MR) is 66.3 cm³/mol. The first-order valence-corrected chi connectivity index (χ1v) is 6.17. The summed E-state index contributed by atoms with van der Waals surface area (Å²) in [6.45, 7) is 7.76. The molecule has 16 heavy (non-hydrogen) atoms. The van der Waals surface area contributed by atoms with Crippen LogP contribution in [0.5, 0.6) is 0 Å². The van der Waals surface area contributed by atoms with Crippen molar-refractivity contribution in [1.82, 2.24) is 10.3 Å². The first kappa shape index (κ1) is 13.1. The lowest BCUT2D eigenvalue weighted by atomic mass is 10.1. The fourth-order valence-electron chi connectivity index (χ4n) is 1.24. The average molecular weight is 241 g/mol. The fourth-order valence-corrected chi connectivity index (χ4v) is 2.02. The minimum absolute atomic E-state index is 0.00553. The van der Waals surface area contributed by atoms with Gasteiger partial charge in [0.2, 0.25) is 5.91 Å². The van der Waals surface area contributed by atoms with Crippen LogP contribution in [0.15, 0.2) is 5.38 Å². The Labute approximate surface area is 100 Å². The number of nitrogens with two attached hydrogens (primary N) is 1. The van der Waals surface area contributed by atoms with Crippen LogP contribution in [-0.4, -0.2) is 16.4 Å². The summed E-state index contributed by atoms with van der Waals surface area (Å²) in [6.07, 6.45) is 0.320. The second kappa shape index (κ2) is 4.93. The van der Waals surface area contributed by atoms with Gasteiger partial charge in [-0.2, -0.15) is 0 Å². The van der Waals surface area contributed by atoms with Crippen molar-refractivity contribution < 1.29 is 4.79 Å². The highest BCUT2D eigenvalue weighted by molar-refractivity contribution is 7.09. The van der Waals surface area contributed by atoms with Crippen molar-refractivity contribution in [2.24, 2.45) is 5.73 Å². The summed E-state index contributed by atoms with van der Waals surface area (Å²) in [6, 6.07) is -0.0653. The first-order valence-electron chi connectivity index (χ1n) is 5.29. The summed E-state index contributed by atoms with van der Waals surface area (Å²) in [5.41, 5.74) is 6.30. The Morgan fingerprint density at radius 3 is 2.69 bits per heavy atom. The number of aromatic nitrogens is 1. The summed E-state index contributed by atoms with van der Waals surface area (Å²) in [7, 11) is 0. The normalized spacial score (nSPS) is 13.6. The summed E-state index contributed by atoms with van der Waals surface area (Å²) < 4.78 is 0. The van der Waals surface area contributed by atoms with Gasteiger partial charge in [-0.3, -0.25) is 4.79 Å². The van der Waals surface area contributed by atoms with Crippen molar-refractivity contribution >= 4 is 17.2 Å². The molecule has 1 unspecified atom stereocenters. The maximum absolute atomic E-state index is 11.6. The minimum atomic E-state index is -0.197. The summed E-state index contributed by atoms with van der Waals surface area (Å²) in [5, 5.41) is 5.66. The molecule has 5 heteroatoms. The highest BCUT2D eigenvalue weighted by Crippen LogP contribution is 2.16. The van der Waals surface area contributed by atoms with Crippen LogP contribution in [0.2, 0.25) is 0 Å². The van der Waals surface area contributed by atoms with Gasteiger partial charge < -0.3 is 11.1 Å². The van der Waals surface area contributed by atoms with E-state index in [9.17, 15) is 4.79 Å². The zero-order chi connectivity index (χ0) is 12.3. The van der Waals surface area contributed by atoms with Gasteiger partial charge in [0, 0.05) is 10.9 Å². The van der Waals surface area contributed by atoms with Gasteiger partial charge in [-0.15, -0.1) is 11.3 Å². The molecule has 1 aromatic rings. The molecule has 90 valence electrons. The Morgan fingerprint density at radius 2 is 2.25 bits per heavy atom. The third-order valence-electron chi connectivity index (χ3n) is 1.82. The number of hydrogen-bond donors (Lipinski definition) is 2. The van der Waals surface area contributed by atoms with E-state index in [0.29, 0.717) is 6.42 Å². The molecule has 0 aliphatic carbocycles. The van der Waals surface area contributed by atoms with E-state index in [0.717, 1.165) is 10.7 Å². The number of rotatable bonds is 3. The number of thiazole rings is 1. The highest BCUT2D eigenvalue weighted by Gasteiger charge is 2.15. The third-order valence-corrected chi connectivity index (χ3v) is 2.91. The molecular formula is C11H19N3OS. The molecule has 0 radical (unpaired) electrons. The van der Waals surface area contributed by atoms with Crippen LogP contribution in [0.3, 0.4) is 0 Å². The second-order valence-electron chi connectivity index (χ2n) is 4.94. The molecule has 1 rings (SSSR count). The molecule has 0 fully saturated rings. The van der Waals surface area contributed by atoms with Crippen LogP contribution < -0.4 is 11.1 Å². The van der Waals surface area contributed by atoms with Crippen molar-refractivity contribution in [3.8, 4) is 0 Å². The lowest BCUT2D eigenvalue weighted by Crippen LogP contribution is -2.41. The quantitative estimate of drug-likeness (QED) is 0.845. The van der Waals surface area contributed by atoms with Crippen molar-refractivity contribution in [1.29, 1.82) is 0 Å². The van der Waals surface area contributed by atoms with Gasteiger partial charge in [0.05, 0.1) is 18.2 Å². The smallest absolute Gasteiger partial charge is 0.226 e. The lowest BCUT2D eigenvalue weighted by Gasteiger charge is -2.20. The van der Waals surface area contributed by atoms with Crippen LogP contribution in [-0.2, 0) is 11.2 Å². The molecule has 0 spiro atoms. The van der Waals surface area contributed by atoms with Crippen LogP contribution in [0.4, 0.5) is 0 Å². The molecule has 1 atom stereocenters. The standard InChI is InChI=1S/C11H19N3OS/c1-7(12)10-13-8(6-16-10)5-9(15)14-11(2,3)4/h6-7H,5,12H2,1-4H3,(H,14,15). The maximum Gasteiger partial charge on any atom is 0.226 e. The topological polar surface area (TPSA) is 68.0 Å². The van der Waals surface area contributed by atoms with Crippen LogP contribution >= 0.6 is 11.3 Å². The number of carbonyl (C=O) groups excluding carboxylic acids is 1. The van der Waals surface area contributed by atoms with Gasteiger partial charge in [-0.05, 0) is 27.7 Å². The Kier molecular flexibility index (Phi) is 4.04. The minimum Gasteiger partial charge on any atom is -0.351 e. The van der Waals surface area contributed by atoms with E-state index in [1.807, 2.05) is 33.1 Å². The highest BCUT2D eigenvalue weighted by atomic mass is 32.1. The molecule has 1 aromatic heterocycles. The predicted octanol–water partition coefficient (Wildman–Crippen LogP) is 1.62. The van der Waals surface area contributed by atoms with E-state index < -0.39 is 0 Å². The van der Waals surface area contributed by atoms with E-state index in [-0.39, 0.29) is 17.5 Å². The third kappa shape index (κ3) is 4.28. The lowest BCUT2D eigenvalue weighted by molar-refractivity contribution is -0.121. The van der Waals surface area contributed by atoms with Gasteiger partial charge >= 0.3 is 0 Å². The molecule has 0 aliphatic rings. The summed E-state index contributed by atoms with van der Waals surface area (Å²) in [5.74, 6) is -0.00553. The molecule has 0 saturated heterocycles. The molecule has 1 heterocycles. The number of amides is 1. The van der Waals surface area contributed by atoms with Crippen LogP contribution in [0.1, 0.15) is 44.4 Å². The Hall–Kier alpha value is -0.940. The monoisotopic (exact) mass is 241 g/mol.